The van der Waals surface area contributed by atoms with Gasteiger partial charge in [0.2, 0.25) is 5.78 Å². The highest BCUT2D eigenvalue weighted by atomic mass is 79.9. The van der Waals surface area contributed by atoms with E-state index in [9.17, 15) is 4.79 Å². The molecule has 0 spiro atoms. The third-order valence-electron chi connectivity index (χ3n) is 2.42. The van der Waals surface area contributed by atoms with Crippen LogP contribution in [0.2, 0.25) is 0 Å². The highest BCUT2D eigenvalue weighted by molar-refractivity contribution is 9.13. The van der Waals surface area contributed by atoms with Crippen molar-refractivity contribution >= 4 is 43.7 Å². The van der Waals surface area contributed by atoms with E-state index in [-0.39, 0.29) is 5.78 Å². The summed E-state index contributed by atoms with van der Waals surface area (Å²) in [7, 11) is 1.92. The van der Waals surface area contributed by atoms with Gasteiger partial charge in [-0.1, -0.05) is 0 Å². The van der Waals surface area contributed by atoms with Crippen molar-refractivity contribution in [2.24, 2.45) is 7.05 Å². The van der Waals surface area contributed by atoms with Crippen molar-refractivity contribution in [3.63, 3.8) is 0 Å². The fourth-order valence-electron chi connectivity index (χ4n) is 1.45. The van der Waals surface area contributed by atoms with Crippen LogP contribution in [-0.4, -0.2) is 15.3 Å². The first kappa shape index (κ1) is 12.4. The molecule has 0 unspecified atom stereocenters. The third kappa shape index (κ3) is 2.61. The second kappa shape index (κ2) is 5.06. The maximum absolute atomic E-state index is 11.7. The number of aromatic nitrogens is 2. The van der Waals surface area contributed by atoms with E-state index in [1.807, 2.05) is 17.7 Å². The summed E-state index contributed by atoms with van der Waals surface area (Å²) in [6.45, 7) is 0. The van der Waals surface area contributed by atoms with Crippen molar-refractivity contribution in [1.82, 2.24) is 9.55 Å². The number of H-pyrrole nitrogens is 1. The maximum Gasteiger partial charge on any atom is 0.202 e. The summed E-state index contributed by atoms with van der Waals surface area (Å²) < 4.78 is 3.86. The number of aromatic amines is 1. The van der Waals surface area contributed by atoms with E-state index < -0.39 is 0 Å². The monoisotopic (exact) mass is 356 g/mol. The van der Waals surface area contributed by atoms with E-state index in [1.54, 1.807) is 30.5 Å². The van der Waals surface area contributed by atoms with Gasteiger partial charge < -0.3 is 9.55 Å². The van der Waals surface area contributed by atoms with Crippen LogP contribution in [-0.2, 0) is 7.05 Å². The molecule has 0 aliphatic carbocycles. The molecule has 2 heterocycles. The summed E-state index contributed by atoms with van der Waals surface area (Å²) in [4.78, 5) is 14.6. The Morgan fingerprint density at radius 3 is 2.76 bits per heavy atom. The first-order valence-corrected chi connectivity index (χ1v) is 6.54. The Balaban J connectivity index is 2.21. The van der Waals surface area contributed by atoms with Crippen molar-refractivity contribution in [1.29, 1.82) is 0 Å². The van der Waals surface area contributed by atoms with Crippen LogP contribution in [0.15, 0.2) is 39.5 Å². The summed E-state index contributed by atoms with van der Waals surface area (Å²) in [6.07, 6.45) is 5.08. The normalized spacial score (nSPS) is 11.2. The fourth-order valence-corrected chi connectivity index (χ4v) is 2.27. The molecule has 0 bridgehead atoms. The molecule has 0 fully saturated rings. The van der Waals surface area contributed by atoms with Gasteiger partial charge >= 0.3 is 0 Å². The van der Waals surface area contributed by atoms with Gasteiger partial charge in [0.05, 0.1) is 14.8 Å². The van der Waals surface area contributed by atoms with Crippen LogP contribution in [0.3, 0.4) is 0 Å². The van der Waals surface area contributed by atoms with Gasteiger partial charge in [-0.2, -0.15) is 0 Å². The summed E-state index contributed by atoms with van der Waals surface area (Å²) in [6, 6.07) is 5.50. The minimum atomic E-state index is -0.0385. The van der Waals surface area contributed by atoms with Gasteiger partial charge in [0.15, 0.2) is 0 Å². The zero-order valence-electron chi connectivity index (χ0n) is 9.08. The van der Waals surface area contributed by atoms with E-state index in [0.29, 0.717) is 5.69 Å². The molecular formula is C12H10Br2N2O. The molecular weight excluding hydrogens is 348 g/mol. The maximum atomic E-state index is 11.7. The summed E-state index contributed by atoms with van der Waals surface area (Å²) in [5, 5.41) is 0. The first-order chi connectivity index (χ1) is 8.09. The molecule has 2 rings (SSSR count). The zero-order valence-corrected chi connectivity index (χ0v) is 12.2. The summed E-state index contributed by atoms with van der Waals surface area (Å²) in [5.41, 5.74) is 1.54. The molecule has 0 saturated heterocycles. The largest absolute Gasteiger partial charge is 0.359 e. The standard InChI is InChI=1S/C12H10Br2N2O/c1-16-8(7-9(13)12(16)14)4-5-11(17)10-3-2-6-15-10/h2-7,15H,1H3/b5-4+. The molecule has 0 radical (unpaired) electrons. The number of nitrogens with one attached hydrogen (secondary N) is 1. The van der Waals surface area contributed by atoms with Crippen LogP contribution in [0.1, 0.15) is 16.2 Å². The number of nitrogens with zero attached hydrogens (tertiary/aromatic N) is 1. The van der Waals surface area contributed by atoms with Gasteiger partial charge in [0, 0.05) is 18.9 Å². The van der Waals surface area contributed by atoms with Crippen molar-refractivity contribution in [3.8, 4) is 0 Å². The molecule has 1 N–H and O–H groups in total. The average Bonchev–Trinajstić information content (AvgIpc) is 2.91. The lowest BCUT2D eigenvalue weighted by Gasteiger charge is -1.98. The van der Waals surface area contributed by atoms with E-state index in [4.69, 9.17) is 0 Å². The predicted octanol–water partition coefficient (Wildman–Crippen LogP) is 3.77. The number of rotatable bonds is 3. The topological polar surface area (TPSA) is 37.8 Å². The lowest BCUT2D eigenvalue weighted by Crippen LogP contribution is -1.95. The number of hydrogen-bond acceptors (Lipinski definition) is 1. The lowest BCUT2D eigenvalue weighted by atomic mass is 10.2. The van der Waals surface area contributed by atoms with Crippen LogP contribution in [0.25, 0.3) is 6.08 Å². The van der Waals surface area contributed by atoms with Gasteiger partial charge in [0.25, 0.3) is 0 Å². The highest BCUT2D eigenvalue weighted by Gasteiger charge is 2.06. The number of hydrogen-bond donors (Lipinski definition) is 1. The molecule has 2 aromatic rings. The van der Waals surface area contributed by atoms with Gasteiger partial charge in [-0.15, -0.1) is 0 Å². The second-order valence-corrected chi connectivity index (χ2v) is 5.15. The summed E-state index contributed by atoms with van der Waals surface area (Å²) in [5.74, 6) is -0.0385. The third-order valence-corrected chi connectivity index (χ3v) is 4.52. The molecule has 0 aromatic carbocycles. The number of carbonyl (C=O) groups excluding carboxylic acids is 1. The Morgan fingerprint density at radius 2 is 2.24 bits per heavy atom. The molecule has 88 valence electrons. The van der Waals surface area contributed by atoms with Crippen molar-refractivity contribution in [2.75, 3.05) is 0 Å². The van der Waals surface area contributed by atoms with E-state index in [0.717, 1.165) is 14.8 Å². The Labute approximate surface area is 116 Å². The molecule has 5 heteroatoms. The van der Waals surface area contributed by atoms with Gasteiger partial charge in [-0.05, 0) is 62.2 Å². The molecule has 0 amide bonds. The van der Waals surface area contributed by atoms with Gasteiger partial charge in [0.1, 0.15) is 0 Å². The molecule has 17 heavy (non-hydrogen) atoms. The minimum Gasteiger partial charge on any atom is -0.359 e. The Hall–Kier alpha value is -1.07. The Kier molecular flexibility index (Phi) is 3.69. The first-order valence-electron chi connectivity index (χ1n) is 4.96. The average molecular weight is 358 g/mol. The fraction of sp³-hybridized carbons (Fsp3) is 0.0833. The lowest BCUT2D eigenvalue weighted by molar-refractivity contribution is 0.104. The Bertz CT molecular complexity index is 568. The van der Waals surface area contributed by atoms with Crippen molar-refractivity contribution < 1.29 is 4.79 Å². The summed E-state index contributed by atoms with van der Waals surface area (Å²) >= 11 is 6.86. The second-order valence-electron chi connectivity index (χ2n) is 3.55. The molecule has 0 atom stereocenters. The smallest absolute Gasteiger partial charge is 0.202 e. The molecule has 2 aromatic heterocycles. The van der Waals surface area contributed by atoms with Crippen molar-refractivity contribution in [2.45, 2.75) is 0 Å². The van der Waals surface area contributed by atoms with E-state index in [1.165, 1.54) is 0 Å². The van der Waals surface area contributed by atoms with Crippen molar-refractivity contribution in [3.05, 3.63) is 50.9 Å². The Morgan fingerprint density at radius 1 is 1.47 bits per heavy atom. The molecule has 0 aliphatic rings. The SMILES string of the molecule is Cn1c(/C=C/C(=O)c2ccc[nH]2)cc(Br)c1Br. The van der Waals surface area contributed by atoms with Crippen LogP contribution in [0.5, 0.6) is 0 Å². The number of ketones is 1. The predicted molar refractivity (Wildman–Crippen MR) is 75.0 cm³/mol. The molecule has 0 saturated carbocycles. The highest BCUT2D eigenvalue weighted by Crippen LogP contribution is 2.26. The van der Waals surface area contributed by atoms with Crippen LogP contribution >= 0.6 is 31.9 Å². The number of carbonyl (C=O) groups is 1. The van der Waals surface area contributed by atoms with Crippen LogP contribution < -0.4 is 0 Å². The van der Waals surface area contributed by atoms with E-state index >= 15 is 0 Å². The quantitative estimate of drug-likeness (QED) is 0.658. The van der Waals surface area contributed by atoms with Gasteiger partial charge in [-0.3, -0.25) is 4.79 Å². The molecule has 0 aliphatic heterocycles. The van der Waals surface area contributed by atoms with E-state index in [2.05, 4.69) is 36.8 Å². The molecule has 3 nitrogen and oxygen atoms in total. The van der Waals surface area contributed by atoms with Crippen LogP contribution in [0, 0.1) is 0 Å². The minimum absolute atomic E-state index is 0.0385. The zero-order chi connectivity index (χ0) is 12.4. The number of halogens is 2. The van der Waals surface area contributed by atoms with Gasteiger partial charge in [-0.25, -0.2) is 0 Å². The number of allylic oxidation sites excluding steroid dienone is 1. The van der Waals surface area contributed by atoms with Crippen LogP contribution in [0.4, 0.5) is 0 Å².